The van der Waals surface area contributed by atoms with Crippen LogP contribution in [-0.4, -0.2) is 48.2 Å². The van der Waals surface area contributed by atoms with Crippen molar-refractivity contribution in [1.29, 1.82) is 5.26 Å². The normalized spacial score (nSPS) is 16.6. The van der Waals surface area contributed by atoms with E-state index in [-0.39, 0.29) is 31.0 Å². The van der Waals surface area contributed by atoms with Crippen molar-refractivity contribution in [3.8, 4) is 6.07 Å². The zero-order chi connectivity index (χ0) is 15.2. The van der Waals surface area contributed by atoms with Crippen molar-refractivity contribution in [2.45, 2.75) is 51.7 Å². The van der Waals surface area contributed by atoms with Crippen LogP contribution in [0.15, 0.2) is 0 Å². The number of rotatable bonds is 4. The van der Waals surface area contributed by atoms with Gasteiger partial charge in [0.2, 0.25) is 0 Å². The van der Waals surface area contributed by atoms with Crippen LogP contribution < -0.4 is 0 Å². The molecule has 0 N–H and O–H groups in total. The molecule has 0 aromatic rings. The van der Waals surface area contributed by atoms with Crippen LogP contribution in [-0.2, 0) is 14.3 Å². The second-order valence-corrected chi connectivity index (χ2v) is 5.85. The average molecular weight is 282 g/mol. The molecule has 0 radical (unpaired) electrons. The first kappa shape index (κ1) is 16.4. The first-order chi connectivity index (χ1) is 9.31. The molecular formula is C14H22N2O4. The van der Waals surface area contributed by atoms with Gasteiger partial charge in [-0.1, -0.05) is 0 Å². The lowest BCUT2D eigenvalue weighted by Gasteiger charge is -2.33. The topological polar surface area (TPSA) is 79.6 Å². The molecule has 1 rings (SSSR count). The van der Waals surface area contributed by atoms with Crippen molar-refractivity contribution >= 4 is 11.9 Å². The van der Waals surface area contributed by atoms with Gasteiger partial charge in [-0.05, 0) is 33.6 Å². The van der Waals surface area contributed by atoms with Crippen LogP contribution in [0.4, 0.5) is 4.79 Å². The third-order valence-corrected chi connectivity index (χ3v) is 2.85. The van der Waals surface area contributed by atoms with Gasteiger partial charge in [0.1, 0.15) is 12.2 Å². The van der Waals surface area contributed by atoms with Crippen LogP contribution in [0, 0.1) is 11.3 Å². The second-order valence-electron chi connectivity index (χ2n) is 5.85. The minimum Gasteiger partial charge on any atom is -0.444 e. The molecular weight excluding hydrogens is 260 g/mol. The average Bonchev–Trinajstić information content (AvgIpc) is 2.35. The van der Waals surface area contributed by atoms with Crippen LogP contribution in [0.3, 0.4) is 0 Å². The number of nitriles is 1. The Morgan fingerprint density at radius 2 is 1.90 bits per heavy atom. The van der Waals surface area contributed by atoms with Crippen LogP contribution in [0.1, 0.15) is 40.0 Å². The minimum absolute atomic E-state index is 0.0232. The van der Waals surface area contributed by atoms with Gasteiger partial charge in [0, 0.05) is 13.1 Å². The van der Waals surface area contributed by atoms with Crippen molar-refractivity contribution in [3.05, 3.63) is 0 Å². The molecule has 0 saturated carbocycles. The molecule has 1 fully saturated rings. The Kier molecular flexibility index (Phi) is 5.96. The Balaban J connectivity index is 2.28. The third-order valence-electron chi connectivity index (χ3n) is 2.85. The van der Waals surface area contributed by atoms with E-state index in [4.69, 9.17) is 14.7 Å². The summed E-state index contributed by atoms with van der Waals surface area (Å²) in [5.41, 5.74) is -0.492. The summed E-state index contributed by atoms with van der Waals surface area (Å²) in [5.74, 6) is -0.206. The summed E-state index contributed by atoms with van der Waals surface area (Å²) in [6, 6.07) is 1.80. The van der Waals surface area contributed by atoms with E-state index in [0.717, 1.165) is 0 Å². The number of hydrogen-bond acceptors (Lipinski definition) is 5. The summed E-state index contributed by atoms with van der Waals surface area (Å²) in [6.45, 7) is 6.60. The zero-order valence-electron chi connectivity index (χ0n) is 12.3. The summed E-state index contributed by atoms with van der Waals surface area (Å²) in [5, 5.41) is 8.38. The molecule has 0 aliphatic carbocycles. The lowest BCUT2D eigenvalue weighted by atomic mass is 10.1. The Bertz CT molecular complexity index is 387. The monoisotopic (exact) mass is 282 g/mol. The maximum Gasteiger partial charge on any atom is 0.410 e. The first-order valence-corrected chi connectivity index (χ1v) is 6.80. The molecule has 0 spiro atoms. The van der Waals surface area contributed by atoms with Crippen molar-refractivity contribution < 1.29 is 19.1 Å². The smallest absolute Gasteiger partial charge is 0.410 e. The Morgan fingerprint density at radius 1 is 1.30 bits per heavy atom. The number of nitrogens with zero attached hydrogens (tertiary/aromatic N) is 2. The van der Waals surface area contributed by atoms with E-state index in [9.17, 15) is 9.59 Å². The molecule has 112 valence electrons. The molecule has 1 heterocycles. The lowest BCUT2D eigenvalue weighted by molar-refractivity contribution is -0.125. The van der Waals surface area contributed by atoms with Gasteiger partial charge in [-0.2, -0.15) is 5.26 Å². The fourth-order valence-corrected chi connectivity index (χ4v) is 1.88. The third kappa shape index (κ3) is 6.02. The summed E-state index contributed by atoms with van der Waals surface area (Å²) >= 11 is 0. The highest BCUT2D eigenvalue weighted by Crippen LogP contribution is 2.17. The maximum atomic E-state index is 11.8. The highest BCUT2D eigenvalue weighted by molar-refractivity contribution is 5.81. The van der Waals surface area contributed by atoms with Gasteiger partial charge < -0.3 is 14.4 Å². The number of piperidine rings is 1. The number of carbonyl (C=O) groups is 2. The van der Waals surface area contributed by atoms with Gasteiger partial charge in [-0.3, -0.25) is 4.79 Å². The number of hydrogen-bond donors (Lipinski definition) is 0. The number of ketones is 1. The molecule has 6 nitrogen and oxygen atoms in total. The Morgan fingerprint density at radius 3 is 2.40 bits per heavy atom. The van der Waals surface area contributed by atoms with Gasteiger partial charge in [-0.15, -0.1) is 0 Å². The molecule has 20 heavy (non-hydrogen) atoms. The van der Waals surface area contributed by atoms with Gasteiger partial charge in [-0.25, -0.2) is 4.79 Å². The lowest BCUT2D eigenvalue weighted by Crippen LogP contribution is -2.43. The molecule has 1 aliphatic rings. The fourth-order valence-electron chi connectivity index (χ4n) is 1.88. The van der Waals surface area contributed by atoms with Gasteiger partial charge in [0.05, 0.1) is 18.6 Å². The van der Waals surface area contributed by atoms with E-state index in [2.05, 4.69) is 0 Å². The summed E-state index contributed by atoms with van der Waals surface area (Å²) in [4.78, 5) is 24.7. The van der Waals surface area contributed by atoms with E-state index < -0.39 is 5.60 Å². The van der Waals surface area contributed by atoms with Gasteiger partial charge in [0.15, 0.2) is 5.78 Å². The van der Waals surface area contributed by atoms with E-state index >= 15 is 0 Å². The first-order valence-electron chi connectivity index (χ1n) is 6.80. The van der Waals surface area contributed by atoms with Crippen LogP contribution >= 0.6 is 0 Å². The van der Waals surface area contributed by atoms with Crippen molar-refractivity contribution in [2.75, 3.05) is 19.7 Å². The molecule has 0 atom stereocenters. The molecule has 0 bridgehead atoms. The number of amides is 1. The van der Waals surface area contributed by atoms with Crippen molar-refractivity contribution in [2.24, 2.45) is 0 Å². The molecule has 0 unspecified atom stereocenters. The number of likely N-dealkylation sites (tertiary alicyclic amines) is 1. The zero-order valence-corrected chi connectivity index (χ0v) is 12.3. The Labute approximate surface area is 119 Å². The highest BCUT2D eigenvalue weighted by atomic mass is 16.6. The molecule has 1 saturated heterocycles. The Hall–Kier alpha value is -1.61. The van der Waals surface area contributed by atoms with E-state index in [1.165, 1.54) is 0 Å². The molecule has 6 heteroatoms. The number of Topliss-reactive ketones (excluding diaryl/α,β-unsaturated/α-hetero) is 1. The van der Waals surface area contributed by atoms with Crippen LogP contribution in [0.5, 0.6) is 0 Å². The molecule has 0 aromatic carbocycles. The minimum atomic E-state index is -0.492. The molecule has 0 aromatic heterocycles. The second kappa shape index (κ2) is 7.25. The van der Waals surface area contributed by atoms with Crippen LogP contribution in [0.25, 0.3) is 0 Å². The van der Waals surface area contributed by atoms with E-state index in [1.807, 2.05) is 20.8 Å². The largest absolute Gasteiger partial charge is 0.444 e. The summed E-state index contributed by atoms with van der Waals surface area (Å²) in [6.07, 6.45) is 0.905. The quantitative estimate of drug-likeness (QED) is 0.786. The maximum absolute atomic E-state index is 11.8. The van der Waals surface area contributed by atoms with Gasteiger partial charge in [0.25, 0.3) is 0 Å². The van der Waals surface area contributed by atoms with Crippen LogP contribution in [0.2, 0.25) is 0 Å². The van der Waals surface area contributed by atoms with E-state index in [0.29, 0.717) is 25.9 Å². The predicted octanol–water partition coefficient (Wildman–Crippen LogP) is 1.89. The van der Waals surface area contributed by atoms with Crippen molar-refractivity contribution in [3.63, 3.8) is 0 Å². The standard InChI is InChI=1S/C14H22N2O4/c1-14(2,3)20-13(18)16-8-5-12(6-9-16)19-10-11(17)4-7-15/h12H,4-6,8-10H2,1-3H3. The SMILES string of the molecule is CC(C)(C)OC(=O)N1CCC(OCC(=O)CC#N)CC1. The molecule has 1 aliphatic heterocycles. The summed E-state index contributed by atoms with van der Waals surface area (Å²) in [7, 11) is 0. The molecule has 1 amide bonds. The highest BCUT2D eigenvalue weighted by Gasteiger charge is 2.27. The predicted molar refractivity (Wildman–Crippen MR) is 72.0 cm³/mol. The summed E-state index contributed by atoms with van der Waals surface area (Å²) < 4.78 is 10.7. The fraction of sp³-hybridized carbons (Fsp3) is 0.786. The van der Waals surface area contributed by atoms with E-state index in [1.54, 1.807) is 11.0 Å². The number of carbonyl (C=O) groups excluding carboxylic acids is 2. The van der Waals surface area contributed by atoms with Gasteiger partial charge >= 0.3 is 6.09 Å². The van der Waals surface area contributed by atoms with Crippen molar-refractivity contribution in [1.82, 2.24) is 4.90 Å². The number of ether oxygens (including phenoxy) is 2.